The van der Waals surface area contributed by atoms with Crippen LogP contribution in [0.4, 0.5) is 0 Å². The first-order chi connectivity index (χ1) is 17.2. The molecule has 0 saturated carbocycles. The largest absolute Gasteiger partial charge is 0.481 e. The zero-order valence-corrected chi connectivity index (χ0v) is 25.7. The Hall–Kier alpha value is -1.93. The van der Waals surface area contributed by atoms with E-state index in [9.17, 15) is 9.59 Å². The molecule has 0 atom stereocenters. The maximum absolute atomic E-state index is 12.8. The van der Waals surface area contributed by atoms with Crippen molar-refractivity contribution >= 4 is 97.7 Å². The third-order valence-electron chi connectivity index (χ3n) is 4.54. The minimum atomic E-state index is -0.603. The van der Waals surface area contributed by atoms with Gasteiger partial charge in [0.05, 0.1) is 25.2 Å². The summed E-state index contributed by atoms with van der Waals surface area (Å²) in [6, 6.07) is 11.8. The molecule has 1 aliphatic rings. The number of rotatable bonds is 7. The van der Waals surface area contributed by atoms with E-state index in [1.54, 1.807) is 42.5 Å². The lowest BCUT2D eigenvalue weighted by Crippen LogP contribution is -2.24. The third kappa shape index (κ3) is 6.68. The number of fused-ring (bicyclic) bond motifs is 1. The Balaban J connectivity index is 1.43. The number of hydrogen-bond donors (Lipinski definition) is 1. The number of hydrazone groups is 1. The van der Waals surface area contributed by atoms with Crippen LogP contribution in [-0.4, -0.2) is 31.5 Å². The number of carbonyl (C=O) groups is 2. The quantitative estimate of drug-likeness (QED) is 0.120. The SMILES string of the molecule is O=C(COc1c(Br)cc(Br)cc1Br)NN=Cc1cc(Br)cc(Br)c1OC(=O)c1ccc2c(c1)OCO2. The lowest BCUT2D eigenvalue weighted by molar-refractivity contribution is -0.123. The molecule has 0 radical (unpaired) electrons. The summed E-state index contributed by atoms with van der Waals surface area (Å²) in [5.41, 5.74) is 3.12. The van der Waals surface area contributed by atoms with Crippen molar-refractivity contribution in [1.29, 1.82) is 0 Å². The minimum absolute atomic E-state index is 0.0984. The number of carbonyl (C=O) groups excluding carboxylic acids is 2. The van der Waals surface area contributed by atoms with E-state index in [1.807, 2.05) is 0 Å². The van der Waals surface area contributed by atoms with E-state index in [-0.39, 0.29) is 24.7 Å². The van der Waals surface area contributed by atoms with Gasteiger partial charge in [-0.1, -0.05) is 31.9 Å². The molecular weight excluding hydrogens is 800 g/mol. The fourth-order valence-electron chi connectivity index (χ4n) is 2.97. The van der Waals surface area contributed by atoms with Gasteiger partial charge in [0.15, 0.2) is 23.9 Å². The lowest BCUT2D eigenvalue weighted by atomic mass is 10.2. The Morgan fingerprint density at radius 2 is 1.53 bits per heavy atom. The Labute approximate surface area is 247 Å². The second-order valence-electron chi connectivity index (χ2n) is 7.04. The van der Waals surface area contributed by atoms with E-state index in [4.69, 9.17) is 18.9 Å². The Kier molecular flexibility index (Phi) is 9.10. The van der Waals surface area contributed by atoms with Crippen LogP contribution < -0.4 is 24.4 Å². The highest BCUT2D eigenvalue weighted by molar-refractivity contribution is 9.12. The highest BCUT2D eigenvalue weighted by Gasteiger charge is 2.20. The molecule has 8 nitrogen and oxygen atoms in total. The summed E-state index contributed by atoms with van der Waals surface area (Å²) in [6.45, 7) is -0.175. The number of ether oxygens (including phenoxy) is 4. The summed E-state index contributed by atoms with van der Waals surface area (Å²) in [6.07, 6.45) is 1.36. The monoisotopic (exact) mass is 808 g/mol. The van der Waals surface area contributed by atoms with Crippen molar-refractivity contribution in [2.75, 3.05) is 13.4 Å². The van der Waals surface area contributed by atoms with Crippen molar-refractivity contribution in [3.05, 3.63) is 76.0 Å². The van der Waals surface area contributed by atoms with Gasteiger partial charge in [-0.15, -0.1) is 0 Å². The Morgan fingerprint density at radius 1 is 0.889 bits per heavy atom. The van der Waals surface area contributed by atoms with Crippen LogP contribution in [0.1, 0.15) is 15.9 Å². The summed E-state index contributed by atoms with van der Waals surface area (Å²) in [7, 11) is 0. The summed E-state index contributed by atoms with van der Waals surface area (Å²) in [4.78, 5) is 25.0. The van der Waals surface area contributed by atoms with Crippen LogP contribution in [0.3, 0.4) is 0 Å². The zero-order valence-electron chi connectivity index (χ0n) is 17.8. The van der Waals surface area contributed by atoms with Gasteiger partial charge >= 0.3 is 5.97 Å². The average Bonchev–Trinajstić information content (AvgIpc) is 3.28. The molecule has 4 rings (SSSR count). The Bertz CT molecular complexity index is 1360. The molecule has 186 valence electrons. The summed E-state index contributed by atoms with van der Waals surface area (Å²) < 4.78 is 25.2. The number of hydrogen-bond acceptors (Lipinski definition) is 7. The first-order valence-electron chi connectivity index (χ1n) is 9.91. The fourth-order valence-corrected chi connectivity index (χ4v) is 6.80. The summed E-state index contributed by atoms with van der Waals surface area (Å²) in [5, 5.41) is 3.98. The summed E-state index contributed by atoms with van der Waals surface area (Å²) in [5.74, 6) is 0.635. The molecule has 3 aromatic rings. The van der Waals surface area contributed by atoms with Gasteiger partial charge in [-0.25, -0.2) is 10.2 Å². The molecule has 0 bridgehead atoms. The van der Waals surface area contributed by atoms with Crippen LogP contribution in [0.25, 0.3) is 0 Å². The smallest absolute Gasteiger partial charge is 0.343 e. The van der Waals surface area contributed by atoms with Gasteiger partial charge in [0.2, 0.25) is 6.79 Å². The van der Waals surface area contributed by atoms with Crippen LogP contribution in [0.5, 0.6) is 23.0 Å². The van der Waals surface area contributed by atoms with E-state index in [1.165, 1.54) is 6.21 Å². The summed E-state index contributed by atoms with van der Waals surface area (Å²) >= 11 is 17.0. The molecule has 0 unspecified atom stereocenters. The van der Waals surface area contributed by atoms with Crippen molar-refractivity contribution in [2.24, 2.45) is 5.10 Å². The van der Waals surface area contributed by atoms with Crippen molar-refractivity contribution in [3.8, 4) is 23.0 Å². The number of nitrogens with zero attached hydrogens (tertiary/aromatic N) is 1. The highest BCUT2D eigenvalue weighted by Crippen LogP contribution is 2.37. The highest BCUT2D eigenvalue weighted by atomic mass is 79.9. The van der Waals surface area contributed by atoms with Crippen LogP contribution in [-0.2, 0) is 4.79 Å². The number of esters is 1. The topological polar surface area (TPSA) is 95.5 Å². The van der Waals surface area contributed by atoms with Crippen LogP contribution in [0.15, 0.2) is 69.9 Å². The van der Waals surface area contributed by atoms with E-state index in [0.29, 0.717) is 40.7 Å². The molecule has 13 heteroatoms. The van der Waals surface area contributed by atoms with E-state index >= 15 is 0 Å². The Morgan fingerprint density at radius 3 is 2.25 bits per heavy atom. The molecule has 0 spiro atoms. The number of amides is 1. The standard InChI is InChI=1S/C23H13Br5N2O6/c24-13-3-12(8-29-30-20(31)9-33-22-16(27)6-14(25)7-17(22)28)21(15(26)5-13)36-23(32)11-1-2-18-19(4-11)35-10-34-18/h1-8H,9-10H2,(H,30,31). The van der Waals surface area contributed by atoms with Gasteiger partial charge in [0, 0.05) is 14.5 Å². The molecule has 1 heterocycles. The number of benzene rings is 3. The lowest BCUT2D eigenvalue weighted by Gasteiger charge is -2.11. The first-order valence-corrected chi connectivity index (χ1v) is 13.9. The molecule has 1 amide bonds. The molecule has 0 saturated heterocycles. The third-order valence-corrected chi connectivity index (χ3v) is 7.23. The maximum Gasteiger partial charge on any atom is 0.343 e. The van der Waals surface area contributed by atoms with Crippen molar-refractivity contribution < 1.29 is 28.5 Å². The molecule has 1 N–H and O–H groups in total. The second kappa shape index (κ2) is 12.1. The normalized spacial score (nSPS) is 12.0. The van der Waals surface area contributed by atoms with E-state index < -0.39 is 11.9 Å². The zero-order chi connectivity index (χ0) is 25.8. The maximum atomic E-state index is 12.8. The van der Waals surface area contributed by atoms with Crippen LogP contribution >= 0.6 is 79.6 Å². The van der Waals surface area contributed by atoms with Gasteiger partial charge < -0.3 is 18.9 Å². The molecule has 36 heavy (non-hydrogen) atoms. The fraction of sp³-hybridized carbons (Fsp3) is 0.0870. The van der Waals surface area contributed by atoms with Gasteiger partial charge in [-0.3, -0.25) is 4.79 Å². The van der Waals surface area contributed by atoms with Crippen molar-refractivity contribution in [3.63, 3.8) is 0 Å². The van der Waals surface area contributed by atoms with Crippen molar-refractivity contribution in [2.45, 2.75) is 0 Å². The molecule has 0 fully saturated rings. The molecular formula is C23H13Br5N2O6. The number of nitrogens with one attached hydrogen (secondary N) is 1. The minimum Gasteiger partial charge on any atom is -0.481 e. The van der Waals surface area contributed by atoms with E-state index in [0.717, 1.165) is 4.47 Å². The van der Waals surface area contributed by atoms with Crippen LogP contribution in [0, 0.1) is 0 Å². The second-order valence-corrected chi connectivity index (χ2v) is 11.4. The van der Waals surface area contributed by atoms with Crippen LogP contribution in [0.2, 0.25) is 0 Å². The molecule has 0 aromatic heterocycles. The predicted octanol–water partition coefficient (Wildman–Crippen LogP) is 6.98. The average molecular weight is 813 g/mol. The molecule has 3 aromatic carbocycles. The number of halogens is 5. The molecule has 1 aliphatic heterocycles. The van der Waals surface area contributed by atoms with Gasteiger partial charge in [0.25, 0.3) is 5.91 Å². The first kappa shape index (κ1) is 27.1. The van der Waals surface area contributed by atoms with Gasteiger partial charge in [0.1, 0.15) is 5.75 Å². The van der Waals surface area contributed by atoms with Crippen molar-refractivity contribution in [1.82, 2.24) is 5.43 Å². The van der Waals surface area contributed by atoms with E-state index in [2.05, 4.69) is 90.2 Å². The van der Waals surface area contributed by atoms with Gasteiger partial charge in [-0.05, 0) is 90.3 Å². The van der Waals surface area contributed by atoms with Gasteiger partial charge in [-0.2, -0.15) is 5.10 Å². The predicted molar refractivity (Wildman–Crippen MR) is 150 cm³/mol. The molecule has 0 aliphatic carbocycles.